The Bertz CT molecular complexity index is 819. The molecule has 162 valence electrons. The number of piperidine rings is 2. The van der Waals surface area contributed by atoms with Gasteiger partial charge in [-0.2, -0.15) is 0 Å². The molecule has 0 aromatic heterocycles. The molecule has 3 aliphatic heterocycles. The number of anilines is 1. The van der Waals surface area contributed by atoms with Crippen molar-refractivity contribution in [1.29, 1.82) is 0 Å². The second kappa shape index (κ2) is 9.14. The highest BCUT2D eigenvalue weighted by Crippen LogP contribution is 2.33. The minimum atomic E-state index is -0.577. The quantitative estimate of drug-likeness (QED) is 0.456. The molecule has 8 heteroatoms. The third-order valence-electron chi connectivity index (χ3n) is 6.46. The first kappa shape index (κ1) is 20.8. The molecule has 0 saturated carbocycles. The van der Waals surface area contributed by atoms with E-state index in [-0.39, 0.29) is 24.1 Å². The number of fused-ring (bicyclic) bond motifs is 1. The van der Waals surface area contributed by atoms with Crippen LogP contribution in [0.4, 0.5) is 5.69 Å². The van der Waals surface area contributed by atoms with Crippen LogP contribution in [0.2, 0.25) is 0 Å². The Morgan fingerprint density at radius 3 is 2.63 bits per heavy atom. The highest BCUT2D eigenvalue weighted by Gasteiger charge is 2.40. The van der Waals surface area contributed by atoms with Crippen molar-refractivity contribution < 1.29 is 14.4 Å². The number of carbonyl (C=O) groups excluding carboxylic acids is 3. The molecular weight excluding hydrogens is 382 g/mol. The number of nitrogens with two attached hydrogens (primary N) is 1. The Balaban J connectivity index is 1.39. The Kier molecular flexibility index (Phi) is 6.34. The van der Waals surface area contributed by atoms with E-state index < -0.39 is 6.04 Å². The van der Waals surface area contributed by atoms with Crippen LogP contribution in [-0.2, 0) is 16.1 Å². The molecule has 2 fully saturated rings. The van der Waals surface area contributed by atoms with Gasteiger partial charge in [0.2, 0.25) is 11.8 Å². The van der Waals surface area contributed by atoms with E-state index in [1.807, 2.05) is 18.2 Å². The van der Waals surface area contributed by atoms with Crippen molar-refractivity contribution in [2.45, 2.75) is 57.2 Å². The molecule has 4 N–H and O–H groups in total. The maximum absolute atomic E-state index is 13.0. The predicted molar refractivity (Wildman–Crippen MR) is 114 cm³/mol. The van der Waals surface area contributed by atoms with E-state index in [2.05, 4.69) is 15.5 Å². The second-order valence-corrected chi connectivity index (χ2v) is 8.49. The highest BCUT2D eigenvalue weighted by molar-refractivity contribution is 6.06. The van der Waals surface area contributed by atoms with Gasteiger partial charge in [0.05, 0.1) is 0 Å². The fourth-order valence-electron chi connectivity index (χ4n) is 4.72. The Morgan fingerprint density at radius 1 is 1.10 bits per heavy atom. The third-order valence-corrected chi connectivity index (χ3v) is 6.46. The number of hydrogen-bond donors (Lipinski definition) is 3. The van der Waals surface area contributed by atoms with Gasteiger partial charge in [0.25, 0.3) is 5.91 Å². The van der Waals surface area contributed by atoms with Crippen molar-refractivity contribution in [3.63, 3.8) is 0 Å². The number of amides is 3. The van der Waals surface area contributed by atoms with Gasteiger partial charge in [-0.1, -0.05) is 6.07 Å². The summed E-state index contributed by atoms with van der Waals surface area (Å²) in [5.41, 5.74) is 8.18. The Labute approximate surface area is 177 Å². The maximum Gasteiger partial charge on any atom is 0.255 e. The summed E-state index contributed by atoms with van der Waals surface area (Å²) in [4.78, 5) is 40.8. The standard InChI is InChI=1S/C22H31N5O3/c23-10-1-2-11-26-12-8-15(9-13-26)24-18-5-3-4-16-17(18)14-27(22(16)30)19-6-7-20(28)25-21(19)29/h3-5,15,19,24H,1-2,6-14,23H2,(H,25,28,29). The third kappa shape index (κ3) is 4.34. The predicted octanol–water partition coefficient (Wildman–Crippen LogP) is 1.06. The van der Waals surface area contributed by atoms with Gasteiger partial charge in [-0.3, -0.25) is 19.7 Å². The van der Waals surface area contributed by atoms with Gasteiger partial charge in [-0.25, -0.2) is 0 Å². The summed E-state index contributed by atoms with van der Waals surface area (Å²) in [6.07, 6.45) is 5.01. The smallest absolute Gasteiger partial charge is 0.255 e. The first-order valence-corrected chi connectivity index (χ1v) is 11.0. The van der Waals surface area contributed by atoms with Crippen LogP contribution in [-0.4, -0.2) is 65.8 Å². The molecule has 1 atom stereocenters. The van der Waals surface area contributed by atoms with Crippen molar-refractivity contribution >= 4 is 23.4 Å². The van der Waals surface area contributed by atoms with Crippen LogP contribution in [0.1, 0.15) is 54.4 Å². The average Bonchev–Trinajstić information content (AvgIpc) is 3.07. The van der Waals surface area contributed by atoms with E-state index in [9.17, 15) is 14.4 Å². The molecule has 1 aromatic carbocycles. The van der Waals surface area contributed by atoms with E-state index >= 15 is 0 Å². The average molecular weight is 414 g/mol. The molecule has 0 aliphatic carbocycles. The fraction of sp³-hybridized carbons (Fsp3) is 0.591. The van der Waals surface area contributed by atoms with Gasteiger partial charge < -0.3 is 20.9 Å². The van der Waals surface area contributed by atoms with Gasteiger partial charge in [-0.15, -0.1) is 0 Å². The van der Waals surface area contributed by atoms with E-state index in [0.29, 0.717) is 24.6 Å². The summed E-state index contributed by atoms with van der Waals surface area (Å²) in [5.74, 6) is -0.765. The van der Waals surface area contributed by atoms with Crippen molar-refractivity contribution in [2.24, 2.45) is 5.73 Å². The number of likely N-dealkylation sites (tertiary alicyclic amines) is 1. The molecule has 0 spiro atoms. The number of benzene rings is 1. The van der Waals surface area contributed by atoms with Gasteiger partial charge in [0.15, 0.2) is 0 Å². The SMILES string of the molecule is NCCCCN1CCC(Nc2cccc3c2CN(C2CCC(=O)NC2=O)C3=O)CC1. The van der Waals surface area contributed by atoms with Crippen molar-refractivity contribution in [3.05, 3.63) is 29.3 Å². The zero-order valence-corrected chi connectivity index (χ0v) is 17.4. The molecule has 3 amide bonds. The normalized spacial score (nSPS) is 22.9. The summed E-state index contributed by atoms with van der Waals surface area (Å²) in [7, 11) is 0. The minimum absolute atomic E-state index is 0.127. The van der Waals surface area contributed by atoms with Crippen LogP contribution in [0.5, 0.6) is 0 Å². The molecule has 1 aromatic rings. The van der Waals surface area contributed by atoms with Crippen molar-refractivity contribution in [2.75, 3.05) is 31.5 Å². The number of hydrogen-bond acceptors (Lipinski definition) is 6. The van der Waals surface area contributed by atoms with Crippen LogP contribution in [0.3, 0.4) is 0 Å². The number of imide groups is 1. The molecule has 3 aliphatic rings. The van der Waals surface area contributed by atoms with Gasteiger partial charge in [-0.05, 0) is 57.3 Å². The summed E-state index contributed by atoms with van der Waals surface area (Å²) >= 11 is 0. The number of nitrogens with one attached hydrogen (secondary N) is 2. The fourth-order valence-corrected chi connectivity index (χ4v) is 4.72. The van der Waals surface area contributed by atoms with Gasteiger partial charge in [0, 0.05) is 48.9 Å². The lowest BCUT2D eigenvalue weighted by Gasteiger charge is -2.33. The number of unbranched alkanes of at least 4 members (excludes halogenated alkanes) is 1. The maximum atomic E-state index is 13.0. The molecule has 3 heterocycles. The molecule has 4 rings (SSSR count). The van der Waals surface area contributed by atoms with Crippen molar-refractivity contribution in [3.8, 4) is 0 Å². The molecule has 0 radical (unpaired) electrons. The number of rotatable bonds is 7. The zero-order valence-electron chi connectivity index (χ0n) is 17.4. The van der Waals surface area contributed by atoms with E-state index in [1.165, 1.54) is 0 Å². The van der Waals surface area contributed by atoms with Crippen LogP contribution in [0.15, 0.2) is 18.2 Å². The number of carbonyl (C=O) groups is 3. The Morgan fingerprint density at radius 2 is 1.90 bits per heavy atom. The van der Waals surface area contributed by atoms with E-state index in [1.54, 1.807) is 4.90 Å². The summed E-state index contributed by atoms with van der Waals surface area (Å²) < 4.78 is 0. The lowest BCUT2D eigenvalue weighted by molar-refractivity contribution is -0.136. The highest BCUT2D eigenvalue weighted by atomic mass is 16.2. The summed E-state index contributed by atoms with van der Waals surface area (Å²) in [5, 5.41) is 6.01. The first-order chi connectivity index (χ1) is 14.6. The van der Waals surface area contributed by atoms with Gasteiger partial charge in [0.1, 0.15) is 6.04 Å². The molecule has 8 nitrogen and oxygen atoms in total. The molecule has 2 saturated heterocycles. The van der Waals surface area contributed by atoms with E-state index in [4.69, 9.17) is 5.73 Å². The molecular formula is C22H31N5O3. The van der Waals surface area contributed by atoms with Crippen LogP contribution in [0.25, 0.3) is 0 Å². The van der Waals surface area contributed by atoms with Crippen LogP contribution < -0.4 is 16.4 Å². The molecule has 0 bridgehead atoms. The Hall–Kier alpha value is -2.45. The largest absolute Gasteiger partial charge is 0.382 e. The summed E-state index contributed by atoms with van der Waals surface area (Å²) in [6.45, 7) is 4.41. The molecule has 1 unspecified atom stereocenters. The molecule has 30 heavy (non-hydrogen) atoms. The zero-order chi connectivity index (χ0) is 21.1. The minimum Gasteiger partial charge on any atom is -0.382 e. The van der Waals surface area contributed by atoms with Crippen LogP contribution in [0, 0.1) is 0 Å². The monoisotopic (exact) mass is 413 g/mol. The summed E-state index contributed by atoms with van der Waals surface area (Å²) in [6, 6.07) is 5.55. The first-order valence-electron chi connectivity index (χ1n) is 11.0. The second-order valence-electron chi connectivity index (χ2n) is 8.49. The van der Waals surface area contributed by atoms with Crippen molar-refractivity contribution in [1.82, 2.24) is 15.1 Å². The lowest BCUT2D eigenvalue weighted by atomic mass is 10.0. The number of nitrogens with zero attached hydrogens (tertiary/aromatic N) is 2. The van der Waals surface area contributed by atoms with E-state index in [0.717, 1.165) is 63.1 Å². The lowest BCUT2D eigenvalue weighted by Crippen LogP contribution is -2.52. The van der Waals surface area contributed by atoms with Gasteiger partial charge >= 0.3 is 0 Å². The topological polar surface area (TPSA) is 108 Å². The van der Waals surface area contributed by atoms with Crippen LogP contribution >= 0.6 is 0 Å².